The molecule has 1 aromatic carbocycles. The molecule has 0 spiro atoms. The number of carboxylic acids is 1. The van der Waals surface area contributed by atoms with Crippen LogP contribution in [0.1, 0.15) is 26.9 Å². The second kappa shape index (κ2) is 4.83. The van der Waals surface area contributed by atoms with Gasteiger partial charge in [-0.1, -0.05) is 0 Å². The van der Waals surface area contributed by atoms with Gasteiger partial charge in [0, 0.05) is 5.56 Å². The second-order valence-corrected chi connectivity index (χ2v) is 4.52. The van der Waals surface area contributed by atoms with Crippen molar-refractivity contribution in [2.75, 3.05) is 0 Å². The van der Waals surface area contributed by atoms with Crippen LogP contribution in [0.4, 0.5) is 8.78 Å². The summed E-state index contributed by atoms with van der Waals surface area (Å²) in [6.45, 7) is 0. The smallest absolute Gasteiger partial charge is 0.336 e. The quantitative estimate of drug-likeness (QED) is 0.901. The Hall–Kier alpha value is -1.79. The van der Waals surface area contributed by atoms with E-state index in [-0.39, 0.29) is 16.0 Å². The summed E-state index contributed by atoms with van der Waals surface area (Å²) in [7, 11) is 0. The van der Waals surface area contributed by atoms with Gasteiger partial charge in [0.2, 0.25) is 0 Å². The zero-order chi connectivity index (χ0) is 13.3. The van der Waals surface area contributed by atoms with Gasteiger partial charge < -0.3 is 10.2 Å². The van der Waals surface area contributed by atoms with E-state index in [0.29, 0.717) is 0 Å². The highest BCUT2D eigenvalue weighted by Gasteiger charge is 2.22. The van der Waals surface area contributed by atoms with E-state index in [1.807, 2.05) is 0 Å². The van der Waals surface area contributed by atoms with E-state index >= 15 is 0 Å². The molecule has 94 valence electrons. The van der Waals surface area contributed by atoms with Crippen molar-refractivity contribution in [3.63, 3.8) is 0 Å². The van der Waals surface area contributed by atoms with Crippen LogP contribution in [0.15, 0.2) is 29.6 Å². The van der Waals surface area contributed by atoms with Crippen LogP contribution in [0.3, 0.4) is 0 Å². The van der Waals surface area contributed by atoms with Crippen molar-refractivity contribution in [2.45, 2.75) is 6.10 Å². The van der Waals surface area contributed by atoms with Crippen molar-refractivity contribution in [3.05, 3.63) is 57.3 Å². The summed E-state index contributed by atoms with van der Waals surface area (Å²) in [5.74, 6) is -2.70. The summed E-state index contributed by atoms with van der Waals surface area (Å²) >= 11 is 0.975. The zero-order valence-corrected chi connectivity index (χ0v) is 9.75. The number of benzene rings is 1. The zero-order valence-electron chi connectivity index (χ0n) is 8.93. The third-order valence-corrected chi connectivity index (χ3v) is 3.40. The molecule has 0 saturated heterocycles. The summed E-state index contributed by atoms with van der Waals surface area (Å²) < 4.78 is 26.5. The number of halogens is 2. The lowest BCUT2D eigenvalue weighted by Gasteiger charge is -2.11. The van der Waals surface area contributed by atoms with E-state index in [4.69, 9.17) is 5.11 Å². The van der Waals surface area contributed by atoms with Crippen molar-refractivity contribution in [1.29, 1.82) is 0 Å². The molecule has 0 aliphatic heterocycles. The van der Waals surface area contributed by atoms with Gasteiger partial charge in [0.05, 0.1) is 10.4 Å². The van der Waals surface area contributed by atoms with Crippen LogP contribution in [-0.4, -0.2) is 16.2 Å². The fourth-order valence-electron chi connectivity index (χ4n) is 1.57. The highest BCUT2D eigenvalue weighted by Crippen LogP contribution is 2.31. The first-order valence-corrected chi connectivity index (χ1v) is 5.82. The molecule has 6 heteroatoms. The molecule has 1 heterocycles. The third kappa shape index (κ3) is 2.25. The molecule has 18 heavy (non-hydrogen) atoms. The van der Waals surface area contributed by atoms with Crippen LogP contribution >= 0.6 is 11.3 Å². The van der Waals surface area contributed by atoms with Crippen LogP contribution in [-0.2, 0) is 0 Å². The molecule has 0 amide bonds. The van der Waals surface area contributed by atoms with Gasteiger partial charge in [-0.3, -0.25) is 0 Å². The van der Waals surface area contributed by atoms with E-state index < -0.39 is 23.7 Å². The first-order chi connectivity index (χ1) is 8.50. The van der Waals surface area contributed by atoms with Gasteiger partial charge in [0.15, 0.2) is 0 Å². The van der Waals surface area contributed by atoms with Gasteiger partial charge in [-0.15, -0.1) is 11.3 Å². The first kappa shape index (κ1) is 12.7. The lowest BCUT2D eigenvalue weighted by atomic mass is 10.0. The van der Waals surface area contributed by atoms with Gasteiger partial charge in [-0.2, -0.15) is 0 Å². The van der Waals surface area contributed by atoms with Gasteiger partial charge >= 0.3 is 5.97 Å². The van der Waals surface area contributed by atoms with Crippen molar-refractivity contribution in [3.8, 4) is 0 Å². The number of hydrogen-bond acceptors (Lipinski definition) is 3. The summed E-state index contributed by atoms with van der Waals surface area (Å²) in [4.78, 5) is 11.0. The predicted molar refractivity (Wildman–Crippen MR) is 61.7 cm³/mol. The average molecular weight is 270 g/mol. The normalized spacial score (nSPS) is 12.4. The van der Waals surface area contributed by atoms with Crippen LogP contribution in [0.25, 0.3) is 0 Å². The summed E-state index contributed by atoms with van der Waals surface area (Å²) in [5, 5.41) is 20.3. The highest BCUT2D eigenvalue weighted by molar-refractivity contribution is 7.10. The molecule has 1 atom stereocenters. The number of aromatic carboxylic acids is 1. The van der Waals surface area contributed by atoms with Crippen molar-refractivity contribution < 1.29 is 23.8 Å². The SMILES string of the molecule is O=C(O)c1ccsc1C(O)c1cc(F)ccc1F. The number of aliphatic hydroxyl groups is 1. The van der Waals surface area contributed by atoms with Crippen molar-refractivity contribution >= 4 is 17.3 Å². The summed E-state index contributed by atoms with van der Waals surface area (Å²) in [6, 6.07) is 3.98. The Kier molecular flexibility index (Phi) is 3.40. The molecule has 0 radical (unpaired) electrons. The third-order valence-electron chi connectivity index (χ3n) is 2.43. The molecule has 0 fully saturated rings. The lowest BCUT2D eigenvalue weighted by Crippen LogP contribution is -2.06. The minimum atomic E-state index is -1.49. The Morgan fingerprint density at radius 3 is 2.67 bits per heavy atom. The second-order valence-electron chi connectivity index (χ2n) is 3.57. The Bertz CT molecular complexity index is 595. The number of rotatable bonds is 3. The molecular formula is C12H8F2O3S. The van der Waals surface area contributed by atoms with Crippen molar-refractivity contribution in [1.82, 2.24) is 0 Å². The highest BCUT2D eigenvalue weighted by atomic mass is 32.1. The van der Waals surface area contributed by atoms with Crippen LogP contribution in [0.5, 0.6) is 0 Å². The molecule has 3 nitrogen and oxygen atoms in total. The molecule has 2 N–H and O–H groups in total. The molecule has 2 aromatic rings. The van der Waals surface area contributed by atoms with E-state index in [1.54, 1.807) is 0 Å². The summed E-state index contributed by atoms with van der Waals surface area (Å²) in [5.41, 5.74) is -0.392. The molecule has 1 unspecified atom stereocenters. The molecular weight excluding hydrogens is 262 g/mol. The Labute approximate surface area is 105 Å². The average Bonchev–Trinajstić information content (AvgIpc) is 2.80. The number of carbonyl (C=O) groups is 1. The van der Waals surface area contributed by atoms with Gasteiger partial charge in [0.1, 0.15) is 17.7 Å². The number of aliphatic hydroxyl groups excluding tert-OH is 1. The fourth-order valence-corrected chi connectivity index (χ4v) is 2.46. The van der Waals surface area contributed by atoms with E-state index in [9.17, 15) is 18.7 Å². The van der Waals surface area contributed by atoms with E-state index in [2.05, 4.69) is 0 Å². The minimum absolute atomic E-state index is 0.0759. The van der Waals surface area contributed by atoms with E-state index in [1.165, 1.54) is 11.4 Å². The van der Waals surface area contributed by atoms with Gasteiger partial charge in [-0.05, 0) is 29.6 Å². The lowest BCUT2D eigenvalue weighted by molar-refractivity contribution is 0.0692. The molecule has 0 saturated carbocycles. The number of thiophene rings is 1. The van der Waals surface area contributed by atoms with Gasteiger partial charge in [-0.25, -0.2) is 13.6 Å². The Morgan fingerprint density at radius 2 is 2.00 bits per heavy atom. The maximum atomic E-state index is 13.5. The van der Waals surface area contributed by atoms with Crippen molar-refractivity contribution in [2.24, 2.45) is 0 Å². The molecule has 0 aliphatic rings. The molecule has 1 aromatic heterocycles. The maximum Gasteiger partial charge on any atom is 0.336 e. The van der Waals surface area contributed by atoms with Crippen LogP contribution < -0.4 is 0 Å². The Morgan fingerprint density at radius 1 is 1.28 bits per heavy atom. The topological polar surface area (TPSA) is 57.5 Å². The number of hydrogen-bond donors (Lipinski definition) is 2. The maximum absolute atomic E-state index is 13.5. The molecule has 0 bridgehead atoms. The molecule has 2 rings (SSSR count). The van der Waals surface area contributed by atoms with Crippen LogP contribution in [0.2, 0.25) is 0 Å². The summed E-state index contributed by atoms with van der Waals surface area (Å²) in [6.07, 6.45) is -1.49. The largest absolute Gasteiger partial charge is 0.478 e. The van der Waals surface area contributed by atoms with Crippen LogP contribution in [0, 0.1) is 11.6 Å². The predicted octanol–water partition coefficient (Wildman–Crippen LogP) is 2.81. The Balaban J connectivity index is 2.47. The van der Waals surface area contributed by atoms with Gasteiger partial charge in [0.25, 0.3) is 0 Å². The first-order valence-electron chi connectivity index (χ1n) is 4.94. The fraction of sp³-hybridized carbons (Fsp3) is 0.0833. The number of carboxylic acid groups (broad SMARTS) is 1. The minimum Gasteiger partial charge on any atom is -0.478 e. The monoisotopic (exact) mass is 270 g/mol. The standard InChI is InChI=1S/C12H8F2O3S/c13-6-1-2-9(14)8(5-6)10(15)11-7(12(16)17)3-4-18-11/h1-5,10,15H,(H,16,17). The molecule has 0 aliphatic carbocycles. The van der Waals surface area contributed by atoms with E-state index in [0.717, 1.165) is 29.5 Å².